The number of halogens is 1. The van der Waals surface area contributed by atoms with E-state index in [0.717, 1.165) is 25.0 Å². The molecule has 0 saturated carbocycles. The topological polar surface area (TPSA) is 13.1 Å². The number of hydrogen-bond acceptors (Lipinski definition) is 1. The van der Waals surface area contributed by atoms with Gasteiger partial charge in [0, 0.05) is 11.2 Å². The summed E-state index contributed by atoms with van der Waals surface area (Å²) in [7, 11) is 0. The summed E-state index contributed by atoms with van der Waals surface area (Å²) in [5, 5.41) is 2.67. The number of aryl methyl sites for hydroxylation is 1. The Balaban J connectivity index is 1.69. The zero-order valence-corrected chi connectivity index (χ0v) is 12.8. The molecule has 3 aromatic rings. The van der Waals surface area contributed by atoms with E-state index in [1.165, 1.54) is 16.3 Å². The van der Waals surface area contributed by atoms with Crippen molar-refractivity contribution in [2.45, 2.75) is 24.1 Å². The zero-order chi connectivity index (χ0) is 13.8. The van der Waals surface area contributed by atoms with E-state index in [-0.39, 0.29) is 0 Å². The van der Waals surface area contributed by atoms with Gasteiger partial charge in [-0.15, -0.1) is 0 Å². The lowest BCUT2D eigenvalue weighted by molar-refractivity contribution is 0.500. The third kappa shape index (κ3) is 3.13. The van der Waals surface area contributed by atoms with Gasteiger partial charge in [0.15, 0.2) is 0 Å². The minimum Gasteiger partial charge on any atom is -0.469 e. The van der Waals surface area contributed by atoms with Gasteiger partial charge in [-0.2, -0.15) is 0 Å². The summed E-state index contributed by atoms with van der Waals surface area (Å²) in [6.45, 7) is 0. The monoisotopic (exact) mass is 328 g/mol. The molecule has 0 radical (unpaired) electrons. The lowest BCUT2D eigenvalue weighted by atomic mass is 9.99. The maximum Gasteiger partial charge on any atom is 0.103 e. The molecule has 0 saturated heterocycles. The summed E-state index contributed by atoms with van der Waals surface area (Å²) in [6.07, 6.45) is 4.84. The van der Waals surface area contributed by atoms with E-state index in [2.05, 4.69) is 58.4 Å². The maximum atomic E-state index is 5.38. The predicted octanol–water partition coefficient (Wildman–Crippen LogP) is 5.37. The predicted molar refractivity (Wildman–Crippen MR) is 87.4 cm³/mol. The summed E-state index contributed by atoms with van der Waals surface area (Å²) in [5.74, 6) is 1.06. The van der Waals surface area contributed by atoms with Gasteiger partial charge in [-0.25, -0.2) is 0 Å². The maximum absolute atomic E-state index is 5.38. The molecule has 0 N–H and O–H groups in total. The smallest absolute Gasteiger partial charge is 0.103 e. The molecule has 1 unspecified atom stereocenters. The Labute approximate surface area is 127 Å². The molecule has 0 aliphatic carbocycles. The molecule has 1 heterocycles. The second-order valence-electron chi connectivity index (χ2n) is 5.06. The molecule has 0 bridgehead atoms. The first-order chi connectivity index (χ1) is 9.83. The molecule has 0 spiro atoms. The third-order valence-electron chi connectivity index (χ3n) is 3.61. The standard InChI is InChI=1S/C18H17BrO/c19-16(10-11-17-8-4-12-20-17)13-15-7-3-6-14-5-1-2-9-18(14)15/h1-9,12,16H,10-11,13H2. The molecule has 0 aliphatic heterocycles. The summed E-state index contributed by atoms with van der Waals surface area (Å²) < 4.78 is 5.38. The van der Waals surface area contributed by atoms with E-state index < -0.39 is 0 Å². The van der Waals surface area contributed by atoms with Gasteiger partial charge in [0.05, 0.1) is 6.26 Å². The summed E-state index contributed by atoms with van der Waals surface area (Å²) in [5.41, 5.74) is 1.41. The molecular weight excluding hydrogens is 312 g/mol. The lowest BCUT2D eigenvalue weighted by Gasteiger charge is -2.11. The molecule has 0 amide bonds. The first-order valence-electron chi connectivity index (χ1n) is 6.96. The molecule has 1 aromatic heterocycles. The van der Waals surface area contributed by atoms with Gasteiger partial charge < -0.3 is 4.42 Å². The van der Waals surface area contributed by atoms with E-state index in [9.17, 15) is 0 Å². The number of rotatable bonds is 5. The normalized spacial score (nSPS) is 12.7. The number of hydrogen-bond donors (Lipinski definition) is 0. The van der Waals surface area contributed by atoms with Gasteiger partial charge in [0.2, 0.25) is 0 Å². The highest BCUT2D eigenvalue weighted by Gasteiger charge is 2.09. The molecule has 20 heavy (non-hydrogen) atoms. The van der Waals surface area contributed by atoms with Crippen molar-refractivity contribution in [1.82, 2.24) is 0 Å². The average molecular weight is 329 g/mol. The molecule has 102 valence electrons. The fourth-order valence-corrected chi connectivity index (χ4v) is 3.14. The number of fused-ring (bicyclic) bond motifs is 1. The van der Waals surface area contributed by atoms with Gasteiger partial charge in [0.1, 0.15) is 5.76 Å². The van der Waals surface area contributed by atoms with Crippen LogP contribution in [0, 0.1) is 0 Å². The van der Waals surface area contributed by atoms with Crippen molar-refractivity contribution >= 4 is 26.7 Å². The zero-order valence-electron chi connectivity index (χ0n) is 11.3. The lowest BCUT2D eigenvalue weighted by Crippen LogP contribution is -2.04. The van der Waals surface area contributed by atoms with Crippen LogP contribution in [0.1, 0.15) is 17.7 Å². The highest BCUT2D eigenvalue weighted by Crippen LogP contribution is 2.23. The Bertz CT molecular complexity index is 667. The SMILES string of the molecule is BrC(CCc1ccco1)Cc1cccc2ccccc12. The molecule has 3 rings (SSSR count). The molecule has 2 heteroatoms. The van der Waals surface area contributed by atoms with E-state index in [1.807, 2.05) is 12.1 Å². The van der Waals surface area contributed by atoms with Crippen LogP contribution in [0.2, 0.25) is 0 Å². The fraction of sp³-hybridized carbons (Fsp3) is 0.222. The van der Waals surface area contributed by atoms with Crippen LogP contribution < -0.4 is 0 Å². The Morgan fingerprint density at radius 1 is 0.950 bits per heavy atom. The van der Waals surface area contributed by atoms with Crippen LogP contribution in [-0.2, 0) is 12.8 Å². The van der Waals surface area contributed by atoms with Gasteiger partial charge in [-0.05, 0) is 41.3 Å². The summed E-state index contributed by atoms with van der Waals surface area (Å²) in [4.78, 5) is 0.471. The molecule has 1 nitrogen and oxygen atoms in total. The second-order valence-corrected chi connectivity index (χ2v) is 6.35. The van der Waals surface area contributed by atoms with Crippen LogP contribution in [0.3, 0.4) is 0 Å². The minimum atomic E-state index is 0.471. The number of furan rings is 1. The Morgan fingerprint density at radius 3 is 2.65 bits per heavy atom. The van der Waals surface area contributed by atoms with Crippen LogP contribution in [0.4, 0.5) is 0 Å². The molecular formula is C18H17BrO. The Kier molecular flexibility index (Phi) is 4.22. The van der Waals surface area contributed by atoms with Crippen LogP contribution in [-0.4, -0.2) is 4.83 Å². The van der Waals surface area contributed by atoms with E-state index >= 15 is 0 Å². The van der Waals surface area contributed by atoms with E-state index in [4.69, 9.17) is 4.42 Å². The second kappa shape index (κ2) is 6.27. The minimum absolute atomic E-state index is 0.471. The van der Waals surface area contributed by atoms with Crippen LogP contribution in [0.5, 0.6) is 0 Å². The van der Waals surface area contributed by atoms with Gasteiger partial charge >= 0.3 is 0 Å². The number of alkyl halides is 1. The van der Waals surface area contributed by atoms with E-state index in [0.29, 0.717) is 4.83 Å². The van der Waals surface area contributed by atoms with Crippen molar-refractivity contribution in [3.05, 3.63) is 72.2 Å². The highest BCUT2D eigenvalue weighted by atomic mass is 79.9. The Morgan fingerprint density at radius 2 is 1.80 bits per heavy atom. The molecule has 0 fully saturated rings. The highest BCUT2D eigenvalue weighted by molar-refractivity contribution is 9.09. The third-order valence-corrected chi connectivity index (χ3v) is 4.39. The van der Waals surface area contributed by atoms with Crippen molar-refractivity contribution in [3.8, 4) is 0 Å². The average Bonchev–Trinajstić information content (AvgIpc) is 2.99. The quantitative estimate of drug-likeness (QED) is 0.574. The van der Waals surface area contributed by atoms with Crippen molar-refractivity contribution in [2.75, 3.05) is 0 Å². The van der Waals surface area contributed by atoms with Crippen molar-refractivity contribution in [2.24, 2.45) is 0 Å². The van der Waals surface area contributed by atoms with Gasteiger partial charge in [0.25, 0.3) is 0 Å². The van der Waals surface area contributed by atoms with Crippen LogP contribution in [0.25, 0.3) is 10.8 Å². The van der Waals surface area contributed by atoms with Gasteiger partial charge in [-0.3, -0.25) is 0 Å². The first-order valence-corrected chi connectivity index (χ1v) is 7.87. The first kappa shape index (κ1) is 13.4. The van der Waals surface area contributed by atoms with Gasteiger partial charge in [-0.1, -0.05) is 58.4 Å². The molecule has 1 atom stereocenters. The van der Waals surface area contributed by atoms with Crippen molar-refractivity contribution < 1.29 is 4.42 Å². The molecule has 0 aliphatic rings. The summed E-state index contributed by atoms with van der Waals surface area (Å²) in [6, 6.07) is 19.1. The number of benzene rings is 2. The largest absolute Gasteiger partial charge is 0.469 e. The van der Waals surface area contributed by atoms with Crippen LogP contribution >= 0.6 is 15.9 Å². The molecule has 2 aromatic carbocycles. The van der Waals surface area contributed by atoms with E-state index in [1.54, 1.807) is 6.26 Å². The fourth-order valence-electron chi connectivity index (χ4n) is 2.56. The van der Waals surface area contributed by atoms with Crippen molar-refractivity contribution in [1.29, 1.82) is 0 Å². The van der Waals surface area contributed by atoms with Crippen LogP contribution in [0.15, 0.2) is 65.3 Å². The van der Waals surface area contributed by atoms with Crippen molar-refractivity contribution in [3.63, 3.8) is 0 Å². The summed E-state index contributed by atoms with van der Waals surface area (Å²) >= 11 is 3.80. The Hall–Kier alpha value is -1.54.